The molecule has 2 rings (SSSR count). The third-order valence-corrected chi connectivity index (χ3v) is 2.93. The highest BCUT2D eigenvalue weighted by Crippen LogP contribution is 2.11. The average molecular weight is 287 g/mol. The van der Waals surface area contributed by atoms with Gasteiger partial charge in [-0.15, -0.1) is 0 Å². The van der Waals surface area contributed by atoms with Gasteiger partial charge in [-0.05, 0) is 42.8 Å². The van der Waals surface area contributed by atoms with Gasteiger partial charge in [0.15, 0.2) is 0 Å². The third kappa shape index (κ3) is 4.65. The molecule has 0 aliphatic carbocycles. The first-order valence-corrected chi connectivity index (χ1v) is 6.91. The highest BCUT2D eigenvalue weighted by Gasteiger charge is 2.07. The Kier molecular flexibility index (Phi) is 5.40. The molecule has 2 aromatic rings. The van der Waals surface area contributed by atoms with Crippen LogP contribution in [0.25, 0.3) is 0 Å². The minimum absolute atomic E-state index is 0.185. The van der Waals surface area contributed by atoms with Gasteiger partial charge in [0.25, 0.3) is 5.91 Å². The lowest BCUT2D eigenvalue weighted by Gasteiger charge is -2.07. The fraction of sp³-hybridized carbons (Fsp3) is 0.250. The van der Waals surface area contributed by atoms with Gasteiger partial charge in [-0.1, -0.05) is 19.1 Å². The number of anilines is 1. The van der Waals surface area contributed by atoms with Crippen LogP contribution in [0, 0.1) is 5.82 Å². The number of carbonyl (C=O) groups is 1. The second kappa shape index (κ2) is 7.50. The number of nitrogens with one attached hydrogen (secondary N) is 2. The Morgan fingerprint density at radius 2 is 1.95 bits per heavy atom. The van der Waals surface area contributed by atoms with Gasteiger partial charge in [-0.2, -0.15) is 0 Å². The molecular formula is C16H18FN3O. The van der Waals surface area contributed by atoms with Crippen LogP contribution >= 0.6 is 0 Å². The van der Waals surface area contributed by atoms with Gasteiger partial charge in [0.1, 0.15) is 11.5 Å². The van der Waals surface area contributed by atoms with E-state index in [9.17, 15) is 9.18 Å². The van der Waals surface area contributed by atoms with E-state index in [4.69, 9.17) is 0 Å². The van der Waals surface area contributed by atoms with Gasteiger partial charge in [-0.3, -0.25) is 4.79 Å². The Hall–Kier alpha value is -2.27. The minimum atomic E-state index is -0.463. The fourth-order valence-corrected chi connectivity index (χ4v) is 1.82. The Morgan fingerprint density at radius 1 is 1.19 bits per heavy atom. The van der Waals surface area contributed by atoms with E-state index in [2.05, 4.69) is 22.5 Å². The largest absolute Gasteiger partial charge is 0.321 e. The molecule has 0 atom stereocenters. The van der Waals surface area contributed by atoms with E-state index in [-0.39, 0.29) is 11.6 Å². The highest BCUT2D eigenvalue weighted by molar-refractivity contribution is 6.02. The molecule has 0 aliphatic heterocycles. The maximum absolute atomic E-state index is 12.7. The van der Waals surface area contributed by atoms with E-state index in [1.165, 1.54) is 12.1 Å². The van der Waals surface area contributed by atoms with Crippen LogP contribution in [0.3, 0.4) is 0 Å². The number of amides is 1. The summed E-state index contributed by atoms with van der Waals surface area (Å²) in [6, 6.07) is 10.2. The molecule has 0 bridgehead atoms. The second-order valence-corrected chi connectivity index (χ2v) is 4.69. The van der Waals surface area contributed by atoms with Crippen LogP contribution in [-0.2, 0) is 6.54 Å². The fourth-order valence-electron chi connectivity index (χ4n) is 1.82. The summed E-state index contributed by atoms with van der Waals surface area (Å²) in [4.78, 5) is 15.7. The van der Waals surface area contributed by atoms with Crippen molar-refractivity contribution >= 4 is 11.6 Å². The summed E-state index contributed by atoms with van der Waals surface area (Å²) in [6.07, 6.45) is 2.12. The van der Waals surface area contributed by atoms with E-state index < -0.39 is 5.82 Å². The average Bonchev–Trinajstić information content (AvgIpc) is 2.50. The SMILES string of the molecule is CCCNCc1ccc(NC(=O)c2ccc(F)cn2)cc1. The van der Waals surface area contributed by atoms with Crippen molar-refractivity contribution in [2.45, 2.75) is 19.9 Å². The standard InChI is InChI=1S/C16H18FN3O/c1-2-9-18-10-12-3-6-14(7-4-12)20-16(21)15-8-5-13(17)11-19-15/h3-8,11,18H,2,9-10H2,1H3,(H,20,21). The third-order valence-electron chi connectivity index (χ3n) is 2.93. The number of benzene rings is 1. The molecule has 0 saturated heterocycles. The van der Waals surface area contributed by atoms with Gasteiger partial charge in [0.05, 0.1) is 6.20 Å². The van der Waals surface area contributed by atoms with Gasteiger partial charge in [-0.25, -0.2) is 9.37 Å². The predicted octanol–water partition coefficient (Wildman–Crippen LogP) is 2.97. The van der Waals surface area contributed by atoms with E-state index in [0.717, 1.165) is 31.3 Å². The van der Waals surface area contributed by atoms with Crippen molar-refractivity contribution in [2.75, 3.05) is 11.9 Å². The first kappa shape index (κ1) is 15.1. The molecule has 2 N–H and O–H groups in total. The molecule has 0 saturated carbocycles. The topological polar surface area (TPSA) is 54.0 Å². The summed E-state index contributed by atoms with van der Waals surface area (Å²) in [7, 11) is 0. The molecule has 110 valence electrons. The zero-order valence-corrected chi connectivity index (χ0v) is 11.9. The number of halogens is 1. The summed E-state index contributed by atoms with van der Waals surface area (Å²) in [5.41, 5.74) is 2.02. The maximum atomic E-state index is 12.7. The van der Waals surface area contributed by atoms with Crippen molar-refractivity contribution in [3.8, 4) is 0 Å². The van der Waals surface area contributed by atoms with Crippen molar-refractivity contribution < 1.29 is 9.18 Å². The van der Waals surface area contributed by atoms with Crippen molar-refractivity contribution in [3.05, 3.63) is 59.7 Å². The molecule has 0 fully saturated rings. The summed E-state index contributed by atoms with van der Waals surface area (Å²) in [6.45, 7) is 3.91. The van der Waals surface area contributed by atoms with Gasteiger partial charge in [0, 0.05) is 12.2 Å². The lowest BCUT2D eigenvalue weighted by Crippen LogP contribution is -2.15. The summed E-state index contributed by atoms with van der Waals surface area (Å²) in [5, 5.41) is 6.04. The smallest absolute Gasteiger partial charge is 0.274 e. The summed E-state index contributed by atoms with van der Waals surface area (Å²) < 4.78 is 12.7. The van der Waals surface area contributed by atoms with Crippen molar-refractivity contribution in [3.63, 3.8) is 0 Å². The number of aromatic nitrogens is 1. The summed E-state index contributed by atoms with van der Waals surface area (Å²) >= 11 is 0. The molecule has 0 spiro atoms. The molecule has 1 heterocycles. The first-order chi connectivity index (χ1) is 10.2. The number of hydrogen-bond donors (Lipinski definition) is 2. The highest BCUT2D eigenvalue weighted by atomic mass is 19.1. The van der Waals surface area contributed by atoms with Crippen LogP contribution in [0.2, 0.25) is 0 Å². The Morgan fingerprint density at radius 3 is 2.57 bits per heavy atom. The molecule has 21 heavy (non-hydrogen) atoms. The zero-order valence-electron chi connectivity index (χ0n) is 11.9. The van der Waals surface area contributed by atoms with Crippen molar-refractivity contribution in [1.29, 1.82) is 0 Å². The first-order valence-electron chi connectivity index (χ1n) is 6.91. The molecule has 4 nitrogen and oxygen atoms in total. The molecule has 1 aromatic carbocycles. The van der Waals surface area contributed by atoms with E-state index >= 15 is 0 Å². The number of rotatable bonds is 6. The molecule has 0 unspecified atom stereocenters. The van der Waals surface area contributed by atoms with E-state index in [0.29, 0.717) is 5.69 Å². The van der Waals surface area contributed by atoms with Crippen LogP contribution in [0.4, 0.5) is 10.1 Å². The monoisotopic (exact) mass is 287 g/mol. The van der Waals surface area contributed by atoms with Gasteiger partial charge in [0.2, 0.25) is 0 Å². The molecule has 5 heteroatoms. The molecule has 1 amide bonds. The quantitative estimate of drug-likeness (QED) is 0.803. The van der Waals surface area contributed by atoms with E-state index in [1.54, 1.807) is 0 Å². The lowest BCUT2D eigenvalue weighted by molar-refractivity contribution is 0.102. The number of nitrogens with zero attached hydrogens (tertiary/aromatic N) is 1. The number of pyridine rings is 1. The maximum Gasteiger partial charge on any atom is 0.274 e. The van der Waals surface area contributed by atoms with Crippen LogP contribution in [0.5, 0.6) is 0 Å². The Balaban J connectivity index is 1.93. The van der Waals surface area contributed by atoms with Crippen molar-refractivity contribution in [1.82, 2.24) is 10.3 Å². The Labute approximate surface area is 123 Å². The van der Waals surface area contributed by atoms with Crippen LogP contribution in [0.15, 0.2) is 42.6 Å². The van der Waals surface area contributed by atoms with Crippen LogP contribution in [0.1, 0.15) is 29.4 Å². The minimum Gasteiger partial charge on any atom is -0.321 e. The number of carbonyl (C=O) groups excluding carboxylic acids is 1. The van der Waals surface area contributed by atoms with Gasteiger partial charge < -0.3 is 10.6 Å². The van der Waals surface area contributed by atoms with Crippen LogP contribution in [-0.4, -0.2) is 17.4 Å². The van der Waals surface area contributed by atoms with Gasteiger partial charge >= 0.3 is 0 Å². The van der Waals surface area contributed by atoms with Crippen LogP contribution < -0.4 is 10.6 Å². The normalized spacial score (nSPS) is 10.4. The van der Waals surface area contributed by atoms with Crippen molar-refractivity contribution in [2.24, 2.45) is 0 Å². The predicted molar refractivity (Wildman–Crippen MR) is 80.6 cm³/mol. The second-order valence-electron chi connectivity index (χ2n) is 4.69. The molecule has 0 aliphatic rings. The molecular weight excluding hydrogens is 269 g/mol. The number of hydrogen-bond acceptors (Lipinski definition) is 3. The van der Waals surface area contributed by atoms with E-state index in [1.807, 2.05) is 24.3 Å². The summed E-state index contributed by atoms with van der Waals surface area (Å²) in [5.74, 6) is -0.817. The molecule has 1 aromatic heterocycles. The zero-order chi connectivity index (χ0) is 15.1. The molecule has 0 radical (unpaired) electrons. The lowest BCUT2D eigenvalue weighted by atomic mass is 10.2. The Bertz CT molecular complexity index is 581.